The molecule has 0 N–H and O–H groups in total. The number of benzene rings is 2. The van der Waals surface area contributed by atoms with Crippen LogP contribution in [0.4, 0.5) is 5.69 Å². The predicted octanol–water partition coefficient (Wildman–Crippen LogP) is 4.81. The molecule has 0 aromatic heterocycles. The van der Waals surface area contributed by atoms with Crippen LogP contribution in [0.1, 0.15) is 11.1 Å². The van der Waals surface area contributed by atoms with Gasteiger partial charge in [-0.15, -0.1) is 0 Å². The number of ether oxygens (including phenoxy) is 1. The minimum Gasteiger partial charge on any atom is -0.495 e. The third-order valence-electron chi connectivity index (χ3n) is 3.44. The van der Waals surface area contributed by atoms with E-state index in [0.29, 0.717) is 10.8 Å². The van der Waals surface area contributed by atoms with Crippen LogP contribution in [0.5, 0.6) is 5.75 Å². The molecule has 0 fully saturated rings. The standard InChI is InChI=1S/C18H17BrClNO2/c1-21(2)17-6-4-12(10-15(17)19)14(8-9-22)13-5-7-18(23-3)16(20)11-13/h4-11H,1-3H3/b14-8-. The summed E-state index contributed by atoms with van der Waals surface area (Å²) in [7, 11) is 5.52. The van der Waals surface area contributed by atoms with Gasteiger partial charge in [-0.3, -0.25) is 4.79 Å². The zero-order chi connectivity index (χ0) is 17.0. The molecule has 0 aliphatic heterocycles. The Hall–Kier alpha value is -1.78. The maximum atomic E-state index is 11.1. The van der Waals surface area contributed by atoms with Crippen LogP contribution in [0.2, 0.25) is 5.02 Å². The molecule has 2 aromatic carbocycles. The molecule has 0 atom stereocenters. The van der Waals surface area contributed by atoms with Gasteiger partial charge in [-0.1, -0.05) is 23.7 Å². The number of halogens is 2. The van der Waals surface area contributed by atoms with Crippen molar-refractivity contribution in [3.05, 3.63) is 63.1 Å². The van der Waals surface area contributed by atoms with Crippen molar-refractivity contribution in [2.75, 3.05) is 26.1 Å². The molecule has 0 radical (unpaired) electrons. The number of hydrogen-bond acceptors (Lipinski definition) is 3. The van der Waals surface area contributed by atoms with E-state index >= 15 is 0 Å². The van der Waals surface area contributed by atoms with Crippen molar-refractivity contribution < 1.29 is 9.53 Å². The minimum absolute atomic E-state index is 0.505. The number of anilines is 1. The van der Waals surface area contributed by atoms with Crippen molar-refractivity contribution in [3.8, 4) is 5.75 Å². The van der Waals surface area contributed by atoms with Gasteiger partial charge in [0, 0.05) is 18.6 Å². The van der Waals surface area contributed by atoms with Gasteiger partial charge in [0.1, 0.15) is 12.0 Å². The Morgan fingerprint density at radius 1 is 1.17 bits per heavy atom. The van der Waals surface area contributed by atoms with Crippen LogP contribution in [0.25, 0.3) is 5.57 Å². The van der Waals surface area contributed by atoms with E-state index in [-0.39, 0.29) is 0 Å². The Kier molecular flexibility index (Phi) is 5.85. The SMILES string of the molecule is COc1ccc(/C(=C\C=O)c2ccc(N(C)C)c(Br)c2)cc1Cl. The fourth-order valence-electron chi connectivity index (χ4n) is 2.30. The van der Waals surface area contributed by atoms with Crippen molar-refractivity contribution in [2.24, 2.45) is 0 Å². The molecule has 0 spiro atoms. The summed E-state index contributed by atoms with van der Waals surface area (Å²) in [5.74, 6) is 0.602. The molecule has 0 amide bonds. The van der Waals surface area contributed by atoms with Crippen molar-refractivity contribution in [3.63, 3.8) is 0 Å². The van der Waals surface area contributed by atoms with Gasteiger partial charge in [-0.05, 0) is 63.0 Å². The van der Waals surface area contributed by atoms with E-state index in [1.165, 1.54) is 6.08 Å². The van der Waals surface area contributed by atoms with Crippen molar-refractivity contribution in [1.29, 1.82) is 0 Å². The van der Waals surface area contributed by atoms with E-state index in [0.717, 1.165) is 33.1 Å². The average molecular weight is 395 g/mol. The third-order valence-corrected chi connectivity index (χ3v) is 4.37. The maximum absolute atomic E-state index is 11.1. The van der Waals surface area contributed by atoms with E-state index < -0.39 is 0 Å². The second-order valence-corrected chi connectivity index (χ2v) is 6.39. The van der Waals surface area contributed by atoms with Crippen molar-refractivity contribution in [2.45, 2.75) is 0 Å². The molecule has 0 aliphatic rings. The van der Waals surface area contributed by atoms with Gasteiger partial charge in [-0.2, -0.15) is 0 Å². The summed E-state index contributed by atoms with van der Waals surface area (Å²) >= 11 is 9.78. The lowest BCUT2D eigenvalue weighted by molar-refractivity contribution is -0.104. The van der Waals surface area contributed by atoms with E-state index in [4.69, 9.17) is 16.3 Å². The van der Waals surface area contributed by atoms with E-state index in [2.05, 4.69) is 15.9 Å². The minimum atomic E-state index is 0.505. The molecule has 0 saturated carbocycles. The summed E-state index contributed by atoms with van der Waals surface area (Å²) in [6.07, 6.45) is 2.32. The molecule has 3 nitrogen and oxygen atoms in total. The average Bonchev–Trinajstić information content (AvgIpc) is 2.52. The van der Waals surface area contributed by atoms with E-state index in [9.17, 15) is 4.79 Å². The Bertz CT molecular complexity index is 757. The lowest BCUT2D eigenvalue weighted by Crippen LogP contribution is -2.09. The van der Waals surface area contributed by atoms with Gasteiger partial charge in [0.25, 0.3) is 0 Å². The van der Waals surface area contributed by atoms with Crippen LogP contribution in [-0.4, -0.2) is 27.5 Å². The maximum Gasteiger partial charge on any atom is 0.143 e. The monoisotopic (exact) mass is 393 g/mol. The Balaban J connectivity index is 2.51. The van der Waals surface area contributed by atoms with Crippen LogP contribution in [0, 0.1) is 0 Å². The quantitative estimate of drug-likeness (QED) is 0.538. The van der Waals surface area contributed by atoms with E-state index in [1.807, 2.05) is 43.3 Å². The van der Waals surface area contributed by atoms with Gasteiger partial charge in [0.2, 0.25) is 0 Å². The first-order valence-electron chi connectivity index (χ1n) is 6.94. The first-order chi connectivity index (χ1) is 11.0. The molecule has 5 heteroatoms. The van der Waals surface area contributed by atoms with Crippen LogP contribution < -0.4 is 9.64 Å². The smallest absolute Gasteiger partial charge is 0.143 e. The van der Waals surface area contributed by atoms with Crippen LogP contribution in [0.3, 0.4) is 0 Å². The number of carbonyl (C=O) groups excluding carboxylic acids is 1. The Labute approximate surface area is 149 Å². The van der Waals surface area contributed by atoms with Crippen molar-refractivity contribution >= 4 is 45.1 Å². The molecule has 0 bridgehead atoms. The molecular formula is C18H17BrClNO2. The van der Waals surface area contributed by atoms with Gasteiger partial charge in [-0.25, -0.2) is 0 Å². The molecular weight excluding hydrogens is 378 g/mol. The summed E-state index contributed by atoms with van der Waals surface area (Å²) < 4.78 is 6.13. The highest BCUT2D eigenvalue weighted by atomic mass is 79.9. The fraction of sp³-hybridized carbons (Fsp3) is 0.167. The third kappa shape index (κ3) is 3.95. The Morgan fingerprint density at radius 2 is 1.83 bits per heavy atom. The molecule has 0 unspecified atom stereocenters. The molecule has 2 aromatic rings. The first-order valence-corrected chi connectivity index (χ1v) is 8.11. The molecule has 0 saturated heterocycles. The lowest BCUT2D eigenvalue weighted by Gasteiger charge is -2.16. The predicted molar refractivity (Wildman–Crippen MR) is 99.6 cm³/mol. The molecule has 120 valence electrons. The molecule has 2 rings (SSSR count). The second-order valence-electron chi connectivity index (χ2n) is 5.13. The highest BCUT2D eigenvalue weighted by Crippen LogP contribution is 2.34. The number of allylic oxidation sites excluding steroid dienone is 1. The van der Waals surface area contributed by atoms with Gasteiger partial charge in [0.05, 0.1) is 17.8 Å². The normalized spacial score (nSPS) is 11.3. The zero-order valence-electron chi connectivity index (χ0n) is 13.1. The molecule has 0 heterocycles. The largest absolute Gasteiger partial charge is 0.495 e. The van der Waals surface area contributed by atoms with Gasteiger partial charge in [0.15, 0.2) is 0 Å². The van der Waals surface area contributed by atoms with Gasteiger partial charge >= 0.3 is 0 Å². The van der Waals surface area contributed by atoms with E-state index in [1.54, 1.807) is 19.2 Å². The summed E-state index contributed by atoms with van der Waals surface area (Å²) in [6, 6.07) is 11.4. The van der Waals surface area contributed by atoms with Crippen molar-refractivity contribution in [1.82, 2.24) is 0 Å². The molecule has 23 heavy (non-hydrogen) atoms. The Morgan fingerprint density at radius 3 is 2.35 bits per heavy atom. The summed E-state index contributed by atoms with van der Waals surface area (Å²) in [6.45, 7) is 0. The number of aldehydes is 1. The second kappa shape index (κ2) is 7.66. The number of carbonyl (C=O) groups is 1. The summed E-state index contributed by atoms with van der Waals surface area (Å²) in [4.78, 5) is 13.1. The van der Waals surface area contributed by atoms with Crippen LogP contribution >= 0.6 is 27.5 Å². The molecule has 0 aliphatic carbocycles. The highest BCUT2D eigenvalue weighted by molar-refractivity contribution is 9.10. The highest BCUT2D eigenvalue weighted by Gasteiger charge is 2.11. The first kappa shape index (κ1) is 17.6. The number of rotatable bonds is 5. The lowest BCUT2D eigenvalue weighted by atomic mass is 9.97. The summed E-state index contributed by atoms with van der Waals surface area (Å²) in [5, 5.41) is 0.505. The van der Waals surface area contributed by atoms with Gasteiger partial charge < -0.3 is 9.64 Å². The van der Waals surface area contributed by atoms with Crippen LogP contribution in [0.15, 0.2) is 46.9 Å². The number of nitrogens with zero attached hydrogens (tertiary/aromatic N) is 1. The summed E-state index contributed by atoms with van der Waals surface area (Å²) in [5.41, 5.74) is 3.64. The fourth-order valence-corrected chi connectivity index (χ4v) is 3.29. The number of hydrogen-bond donors (Lipinski definition) is 0. The van der Waals surface area contributed by atoms with Crippen LogP contribution in [-0.2, 0) is 4.79 Å². The topological polar surface area (TPSA) is 29.5 Å². The zero-order valence-corrected chi connectivity index (χ0v) is 15.5. The number of methoxy groups -OCH3 is 1.